The van der Waals surface area contributed by atoms with E-state index in [-0.39, 0.29) is 25.2 Å². The molecule has 2 N–H and O–H groups in total. The smallest absolute Gasteiger partial charge is 0.309 e. The predicted octanol–water partition coefficient (Wildman–Crippen LogP) is 4.71. The van der Waals surface area contributed by atoms with Crippen LogP contribution in [0, 0.1) is 12.8 Å². The number of rotatable bonds is 11. The van der Waals surface area contributed by atoms with Gasteiger partial charge >= 0.3 is 5.97 Å². The standard InChI is InChI=1S/C32H36N2O6/c1-21-6-5-8-22(16-21)7-3-4-15-33-29(35)19-34-18-26(24-11-14-27-28(17-24)40-20-39-27)30(32(36)37)31(34)23-9-12-25(38-2)13-10-23/h5-6,8-14,16-17,26,30-31H,3-4,7,15,18-20H2,1-2H3,(H,33,35)(H,36,37)/t26-,30+,31-/m1/s1. The third-order valence-corrected chi connectivity index (χ3v) is 7.81. The Bertz CT molecular complexity index is 1340. The molecule has 3 aromatic carbocycles. The fourth-order valence-corrected chi connectivity index (χ4v) is 5.86. The minimum absolute atomic E-state index is 0.107. The van der Waals surface area contributed by atoms with Gasteiger partial charge in [-0.25, -0.2) is 0 Å². The molecule has 2 aliphatic heterocycles. The molecule has 40 heavy (non-hydrogen) atoms. The van der Waals surface area contributed by atoms with Crippen molar-refractivity contribution in [1.82, 2.24) is 10.2 Å². The first-order chi connectivity index (χ1) is 19.4. The Morgan fingerprint density at radius 3 is 2.52 bits per heavy atom. The van der Waals surface area contributed by atoms with Crippen LogP contribution in [0.25, 0.3) is 0 Å². The number of unbranched alkanes of at least 4 members (excludes halogenated alkanes) is 1. The Labute approximate surface area is 234 Å². The van der Waals surface area contributed by atoms with E-state index < -0.39 is 17.9 Å². The van der Waals surface area contributed by atoms with E-state index in [0.717, 1.165) is 30.4 Å². The minimum atomic E-state index is -0.900. The van der Waals surface area contributed by atoms with Crippen molar-refractivity contribution in [2.45, 2.75) is 38.1 Å². The van der Waals surface area contributed by atoms with Gasteiger partial charge in [-0.2, -0.15) is 0 Å². The van der Waals surface area contributed by atoms with Gasteiger partial charge in [0.25, 0.3) is 0 Å². The quantitative estimate of drug-likeness (QED) is 0.338. The number of fused-ring (bicyclic) bond motifs is 1. The normalized spacial score (nSPS) is 19.9. The van der Waals surface area contributed by atoms with Crippen molar-refractivity contribution in [3.05, 3.63) is 89.0 Å². The van der Waals surface area contributed by atoms with Crippen molar-refractivity contribution in [1.29, 1.82) is 0 Å². The minimum Gasteiger partial charge on any atom is -0.497 e. The van der Waals surface area contributed by atoms with Gasteiger partial charge in [0.15, 0.2) is 11.5 Å². The van der Waals surface area contributed by atoms with Crippen LogP contribution in [0.15, 0.2) is 66.7 Å². The maximum atomic E-state index is 13.1. The summed E-state index contributed by atoms with van der Waals surface area (Å²) < 4.78 is 16.3. The van der Waals surface area contributed by atoms with Crippen molar-refractivity contribution < 1.29 is 28.9 Å². The average molecular weight is 545 g/mol. The summed E-state index contributed by atoms with van der Waals surface area (Å²) in [5.74, 6) is -0.136. The number of likely N-dealkylation sites (tertiary alicyclic amines) is 1. The predicted molar refractivity (Wildman–Crippen MR) is 151 cm³/mol. The molecular weight excluding hydrogens is 508 g/mol. The summed E-state index contributed by atoms with van der Waals surface area (Å²) >= 11 is 0. The molecule has 1 saturated heterocycles. The summed E-state index contributed by atoms with van der Waals surface area (Å²) in [6.45, 7) is 3.36. The fraction of sp³-hybridized carbons (Fsp3) is 0.375. The van der Waals surface area contributed by atoms with Crippen LogP contribution in [0.3, 0.4) is 0 Å². The Kier molecular flexibility index (Phi) is 8.55. The molecule has 3 aromatic rings. The number of carbonyl (C=O) groups is 2. The van der Waals surface area contributed by atoms with Gasteiger partial charge in [-0.1, -0.05) is 48.0 Å². The maximum absolute atomic E-state index is 13.1. The van der Waals surface area contributed by atoms with Crippen LogP contribution in [0.4, 0.5) is 0 Å². The molecule has 3 atom stereocenters. The molecule has 0 radical (unpaired) electrons. The van der Waals surface area contributed by atoms with Gasteiger partial charge in [0.1, 0.15) is 5.75 Å². The van der Waals surface area contributed by atoms with Gasteiger partial charge in [0.05, 0.1) is 19.6 Å². The number of carboxylic acids is 1. The summed E-state index contributed by atoms with van der Waals surface area (Å²) in [6.07, 6.45) is 2.83. The van der Waals surface area contributed by atoms with Crippen molar-refractivity contribution in [3.63, 3.8) is 0 Å². The number of hydrogen-bond donors (Lipinski definition) is 2. The second-order valence-corrected chi connectivity index (χ2v) is 10.5. The van der Waals surface area contributed by atoms with Crippen LogP contribution >= 0.6 is 0 Å². The van der Waals surface area contributed by atoms with Gasteiger partial charge in [-0.3, -0.25) is 14.5 Å². The first-order valence-electron chi connectivity index (χ1n) is 13.8. The molecule has 2 heterocycles. The number of carboxylic acid groups (broad SMARTS) is 1. The lowest BCUT2D eigenvalue weighted by molar-refractivity contribution is -0.143. The van der Waals surface area contributed by atoms with Crippen LogP contribution in [0.5, 0.6) is 17.2 Å². The molecule has 2 aliphatic rings. The van der Waals surface area contributed by atoms with E-state index in [1.165, 1.54) is 11.1 Å². The number of aryl methyl sites for hydroxylation is 2. The Balaban J connectivity index is 1.29. The third kappa shape index (κ3) is 6.23. The van der Waals surface area contributed by atoms with Crippen LogP contribution in [0.1, 0.15) is 47.1 Å². The zero-order valence-electron chi connectivity index (χ0n) is 23.0. The van der Waals surface area contributed by atoms with E-state index >= 15 is 0 Å². The first-order valence-corrected chi connectivity index (χ1v) is 13.8. The zero-order chi connectivity index (χ0) is 28.1. The van der Waals surface area contributed by atoms with Gasteiger partial charge in [0, 0.05) is 25.0 Å². The highest BCUT2D eigenvalue weighted by Gasteiger charge is 2.48. The van der Waals surface area contributed by atoms with E-state index in [4.69, 9.17) is 14.2 Å². The summed E-state index contributed by atoms with van der Waals surface area (Å²) in [4.78, 5) is 27.8. The Hall–Kier alpha value is -4.04. The molecule has 0 saturated carbocycles. The first kappa shape index (κ1) is 27.5. The van der Waals surface area contributed by atoms with E-state index in [1.54, 1.807) is 7.11 Å². The lowest BCUT2D eigenvalue weighted by Crippen LogP contribution is -2.38. The molecule has 8 heteroatoms. The number of nitrogens with one attached hydrogen (secondary N) is 1. The number of aliphatic carboxylic acids is 1. The highest BCUT2D eigenvalue weighted by atomic mass is 16.7. The number of hydrogen-bond acceptors (Lipinski definition) is 6. The number of amides is 1. The molecule has 210 valence electrons. The largest absolute Gasteiger partial charge is 0.497 e. The Morgan fingerprint density at radius 1 is 1.00 bits per heavy atom. The van der Waals surface area contributed by atoms with Gasteiger partial charge in [-0.05, 0) is 67.1 Å². The fourth-order valence-electron chi connectivity index (χ4n) is 5.86. The monoisotopic (exact) mass is 544 g/mol. The Morgan fingerprint density at radius 2 is 1.77 bits per heavy atom. The second-order valence-electron chi connectivity index (χ2n) is 10.5. The van der Waals surface area contributed by atoms with Gasteiger partial charge in [0.2, 0.25) is 12.7 Å². The SMILES string of the molecule is COc1ccc([C@@H]2[C@@H](C(=O)O)[C@@H](c3ccc4c(c3)OCO4)CN2CC(=O)NCCCCc2cccc(C)c2)cc1. The van der Waals surface area contributed by atoms with E-state index in [2.05, 4.69) is 36.5 Å². The molecule has 0 aliphatic carbocycles. The molecule has 1 fully saturated rings. The number of benzene rings is 3. The van der Waals surface area contributed by atoms with E-state index in [1.807, 2.05) is 47.4 Å². The highest BCUT2D eigenvalue weighted by Crippen LogP contribution is 2.47. The van der Waals surface area contributed by atoms with E-state index in [0.29, 0.717) is 30.3 Å². The van der Waals surface area contributed by atoms with Crippen molar-refractivity contribution >= 4 is 11.9 Å². The molecule has 0 unspecified atom stereocenters. The van der Waals surface area contributed by atoms with Gasteiger partial charge in [-0.15, -0.1) is 0 Å². The zero-order valence-corrected chi connectivity index (χ0v) is 23.0. The third-order valence-electron chi connectivity index (χ3n) is 7.81. The molecule has 0 spiro atoms. The average Bonchev–Trinajstić information content (AvgIpc) is 3.57. The molecule has 0 aromatic heterocycles. The number of ether oxygens (including phenoxy) is 3. The topological polar surface area (TPSA) is 97.3 Å². The molecule has 8 nitrogen and oxygen atoms in total. The van der Waals surface area contributed by atoms with Crippen LogP contribution in [-0.4, -0.2) is 55.4 Å². The number of carbonyl (C=O) groups excluding carboxylic acids is 1. The van der Waals surface area contributed by atoms with Crippen LogP contribution in [0.2, 0.25) is 0 Å². The second kappa shape index (κ2) is 12.4. The molecule has 0 bridgehead atoms. The summed E-state index contributed by atoms with van der Waals surface area (Å²) in [5.41, 5.74) is 4.25. The number of nitrogens with zero attached hydrogens (tertiary/aromatic N) is 1. The van der Waals surface area contributed by atoms with Crippen LogP contribution in [-0.2, 0) is 16.0 Å². The van der Waals surface area contributed by atoms with E-state index in [9.17, 15) is 14.7 Å². The summed E-state index contributed by atoms with van der Waals surface area (Å²) in [5, 5.41) is 13.5. The summed E-state index contributed by atoms with van der Waals surface area (Å²) in [6, 6.07) is 21.0. The highest BCUT2D eigenvalue weighted by molar-refractivity contribution is 5.79. The van der Waals surface area contributed by atoms with Crippen molar-refractivity contribution in [2.75, 3.05) is 33.5 Å². The maximum Gasteiger partial charge on any atom is 0.309 e. The molecule has 5 rings (SSSR count). The molecular formula is C32H36N2O6. The van der Waals surface area contributed by atoms with Crippen molar-refractivity contribution in [2.24, 2.45) is 5.92 Å². The van der Waals surface area contributed by atoms with Crippen molar-refractivity contribution in [3.8, 4) is 17.2 Å². The number of methoxy groups -OCH3 is 1. The lowest BCUT2D eigenvalue weighted by atomic mass is 9.82. The summed E-state index contributed by atoms with van der Waals surface area (Å²) in [7, 11) is 1.60. The van der Waals surface area contributed by atoms with Crippen LogP contribution < -0.4 is 19.5 Å². The molecule has 1 amide bonds. The van der Waals surface area contributed by atoms with Gasteiger partial charge < -0.3 is 24.6 Å². The lowest BCUT2D eigenvalue weighted by Gasteiger charge is -2.27.